The smallest absolute Gasteiger partial charge is 0.229 e. The zero-order valence-electron chi connectivity index (χ0n) is 15.2. The Morgan fingerprint density at radius 1 is 1.11 bits per heavy atom. The first-order valence-electron chi connectivity index (χ1n) is 9.08. The number of aromatic amines is 1. The zero-order chi connectivity index (χ0) is 19.3. The van der Waals surface area contributed by atoms with Crippen molar-refractivity contribution in [2.45, 2.75) is 18.9 Å². The van der Waals surface area contributed by atoms with Crippen LogP contribution in [0.25, 0.3) is 0 Å². The number of carbonyl (C=O) groups is 2. The molecule has 1 aliphatic heterocycles. The molecule has 1 atom stereocenters. The molecule has 28 heavy (non-hydrogen) atoms. The van der Waals surface area contributed by atoms with Crippen molar-refractivity contribution in [2.75, 3.05) is 11.4 Å². The molecule has 0 saturated carbocycles. The molecule has 0 unspecified atom stereocenters. The van der Waals surface area contributed by atoms with E-state index in [-0.39, 0.29) is 30.7 Å². The van der Waals surface area contributed by atoms with Gasteiger partial charge in [0.1, 0.15) is 11.5 Å². The molecule has 0 aliphatic carbocycles. The lowest BCUT2D eigenvalue weighted by Crippen LogP contribution is -2.38. The van der Waals surface area contributed by atoms with Gasteiger partial charge in [0.15, 0.2) is 0 Å². The molecule has 142 valence electrons. The summed E-state index contributed by atoms with van der Waals surface area (Å²) >= 11 is 0. The van der Waals surface area contributed by atoms with Gasteiger partial charge in [-0.25, -0.2) is 0 Å². The third-order valence-electron chi connectivity index (χ3n) is 4.53. The third kappa shape index (κ3) is 4.20. The van der Waals surface area contributed by atoms with Crippen LogP contribution in [-0.4, -0.2) is 34.6 Å². The van der Waals surface area contributed by atoms with Gasteiger partial charge in [-0.1, -0.05) is 18.2 Å². The Morgan fingerprint density at radius 2 is 1.86 bits per heavy atom. The van der Waals surface area contributed by atoms with E-state index in [1.807, 2.05) is 54.6 Å². The average Bonchev–Trinajstić information content (AvgIpc) is 3.33. The van der Waals surface area contributed by atoms with Crippen LogP contribution in [0, 0.1) is 0 Å². The largest absolute Gasteiger partial charge is 0.457 e. The lowest BCUT2D eigenvalue weighted by molar-refractivity contribution is -0.121. The molecular formula is C21H20N4O3. The number of ether oxygens (including phenoxy) is 1. The van der Waals surface area contributed by atoms with Gasteiger partial charge in [-0.2, -0.15) is 5.10 Å². The number of hydrogen-bond acceptors (Lipinski definition) is 4. The Labute approximate surface area is 162 Å². The molecule has 2 heterocycles. The van der Waals surface area contributed by atoms with Crippen LogP contribution < -0.4 is 15.0 Å². The molecule has 1 fully saturated rings. The van der Waals surface area contributed by atoms with Gasteiger partial charge < -0.3 is 15.0 Å². The van der Waals surface area contributed by atoms with E-state index in [1.165, 1.54) is 0 Å². The Bertz CT molecular complexity index is 940. The second kappa shape index (κ2) is 7.96. The summed E-state index contributed by atoms with van der Waals surface area (Å²) in [5, 5.41) is 9.50. The third-order valence-corrected chi connectivity index (χ3v) is 4.53. The van der Waals surface area contributed by atoms with Gasteiger partial charge >= 0.3 is 0 Å². The molecule has 0 spiro atoms. The lowest BCUT2D eigenvalue weighted by Gasteiger charge is -2.17. The predicted octanol–water partition coefficient (Wildman–Crippen LogP) is 2.67. The van der Waals surface area contributed by atoms with Crippen LogP contribution in [0.5, 0.6) is 11.5 Å². The first kappa shape index (κ1) is 17.8. The standard InChI is InChI=1S/C21H20N4O3/c26-20(12-15-10-11-22-24-15)23-16-13-21(27)25(14-16)17-6-8-19(9-7-17)28-18-4-2-1-3-5-18/h1-11,16H,12-14H2,(H,22,24)(H,23,26)/t16-/m1/s1. The first-order chi connectivity index (χ1) is 13.7. The van der Waals surface area contributed by atoms with E-state index in [2.05, 4.69) is 15.5 Å². The molecule has 1 saturated heterocycles. The Hall–Kier alpha value is -3.61. The fourth-order valence-corrected chi connectivity index (χ4v) is 3.21. The monoisotopic (exact) mass is 376 g/mol. The molecule has 4 rings (SSSR count). The minimum absolute atomic E-state index is 0.0106. The highest BCUT2D eigenvalue weighted by atomic mass is 16.5. The van der Waals surface area contributed by atoms with E-state index in [4.69, 9.17) is 4.74 Å². The van der Waals surface area contributed by atoms with Gasteiger partial charge in [0.05, 0.1) is 12.5 Å². The van der Waals surface area contributed by atoms with Crippen molar-refractivity contribution < 1.29 is 14.3 Å². The number of H-pyrrole nitrogens is 1. The van der Waals surface area contributed by atoms with Gasteiger partial charge in [-0.05, 0) is 42.5 Å². The fraction of sp³-hybridized carbons (Fsp3) is 0.190. The van der Waals surface area contributed by atoms with Crippen molar-refractivity contribution in [1.29, 1.82) is 0 Å². The molecule has 0 radical (unpaired) electrons. The van der Waals surface area contributed by atoms with Crippen LogP contribution in [0.15, 0.2) is 66.9 Å². The molecular weight excluding hydrogens is 356 g/mol. The normalized spacial score (nSPS) is 16.2. The average molecular weight is 376 g/mol. The topological polar surface area (TPSA) is 87.3 Å². The maximum atomic E-state index is 12.4. The van der Waals surface area contributed by atoms with E-state index in [0.29, 0.717) is 12.3 Å². The van der Waals surface area contributed by atoms with Crippen LogP contribution in [-0.2, 0) is 16.0 Å². The number of benzene rings is 2. The van der Waals surface area contributed by atoms with Crippen LogP contribution in [0.1, 0.15) is 12.1 Å². The number of amides is 2. The highest BCUT2D eigenvalue weighted by Gasteiger charge is 2.31. The van der Waals surface area contributed by atoms with Gasteiger partial charge in [0.25, 0.3) is 0 Å². The maximum Gasteiger partial charge on any atom is 0.229 e. The van der Waals surface area contributed by atoms with E-state index in [0.717, 1.165) is 17.1 Å². The minimum Gasteiger partial charge on any atom is -0.457 e. The Kier molecular flexibility index (Phi) is 5.05. The van der Waals surface area contributed by atoms with Crippen molar-refractivity contribution in [3.05, 3.63) is 72.6 Å². The molecule has 7 heteroatoms. The van der Waals surface area contributed by atoms with Crippen molar-refractivity contribution in [2.24, 2.45) is 0 Å². The van der Waals surface area contributed by atoms with Crippen molar-refractivity contribution in [3.8, 4) is 11.5 Å². The molecule has 1 aliphatic rings. The molecule has 2 aromatic carbocycles. The Balaban J connectivity index is 1.35. The predicted molar refractivity (Wildman–Crippen MR) is 104 cm³/mol. The molecule has 2 amide bonds. The van der Waals surface area contributed by atoms with Crippen molar-refractivity contribution in [3.63, 3.8) is 0 Å². The maximum absolute atomic E-state index is 12.4. The van der Waals surface area contributed by atoms with Gasteiger partial charge in [0, 0.05) is 30.5 Å². The number of hydrogen-bond donors (Lipinski definition) is 2. The number of nitrogens with zero attached hydrogens (tertiary/aromatic N) is 2. The highest BCUT2D eigenvalue weighted by Crippen LogP contribution is 2.26. The first-order valence-corrected chi connectivity index (χ1v) is 9.08. The van der Waals surface area contributed by atoms with Crippen molar-refractivity contribution >= 4 is 17.5 Å². The van der Waals surface area contributed by atoms with Gasteiger partial charge in [-0.15, -0.1) is 0 Å². The number of anilines is 1. The van der Waals surface area contributed by atoms with Crippen LogP contribution >= 0.6 is 0 Å². The highest BCUT2D eigenvalue weighted by molar-refractivity contribution is 5.97. The quantitative estimate of drug-likeness (QED) is 0.692. The summed E-state index contributed by atoms with van der Waals surface area (Å²) in [6.07, 6.45) is 2.11. The number of rotatable bonds is 6. The lowest BCUT2D eigenvalue weighted by atomic mass is 10.2. The second-order valence-electron chi connectivity index (χ2n) is 6.64. The summed E-state index contributed by atoms with van der Waals surface area (Å²) in [4.78, 5) is 26.2. The summed E-state index contributed by atoms with van der Waals surface area (Å²) in [6.45, 7) is 0.451. The zero-order valence-corrected chi connectivity index (χ0v) is 15.2. The second-order valence-corrected chi connectivity index (χ2v) is 6.64. The summed E-state index contributed by atoms with van der Waals surface area (Å²) in [5.74, 6) is 1.32. The van der Waals surface area contributed by atoms with Gasteiger partial charge in [-0.3, -0.25) is 14.7 Å². The molecule has 7 nitrogen and oxygen atoms in total. The number of aromatic nitrogens is 2. The SMILES string of the molecule is O=C(Cc1ccn[nH]1)N[C@@H]1CC(=O)N(c2ccc(Oc3ccccc3)cc2)C1. The van der Waals surface area contributed by atoms with E-state index in [9.17, 15) is 9.59 Å². The Morgan fingerprint density at radius 3 is 2.57 bits per heavy atom. The molecule has 3 aromatic rings. The van der Waals surface area contributed by atoms with E-state index < -0.39 is 0 Å². The molecule has 1 aromatic heterocycles. The number of carbonyl (C=O) groups excluding carboxylic acids is 2. The van der Waals surface area contributed by atoms with Crippen LogP contribution in [0.3, 0.4) is 0 Å². The van der Waals surface area contributed by atoms with E-state index >= 15 is 0 Å². The van der Waals surface area contributed by atoms with Gasteiger partial charge in [0.2, 0.25) is 11.8 Å². The molecule has 0 bridgehead atoms. The van der Waals surface area contributed by atoms with E-state index in [1.54, 1.807) is 17.2 Å². The summed E-state index contributed by atoms with van der Waals surface area (Å²) < 4.78 is 5.78. The minimum atomic E-state index is -0.205. The summed E-state index contributed by atoms with van der Waals surface area (Å²) in [5.41, 5.74) is 1.53. The summed E-state index contributed by atoms with van der Waals surface area (Å²) in [6, 6.07) is 18.4. The van der Waals surface area contributed by atoms with Crippen LogP contribution in [0.2, 0.25) is 0 Å². The van der Waals surface area contributed by atoms with Crippen LogP contribution in [0.4, 0.5) is 5.69 Å². The summed E-state index contributed by atoms with van der Waals surface area (Å²) in [7, 11) is 0. The number of para-hydroxylation sites is 1. The molecule has 2 N–H and O–H groups in total. The fourth-order valence-electron chi connectivity index (χ4n) is 3.21. The van der Waals surface area contributed by atoms with Crippen molar-refractivity contribution in [1.82, 2.24) is 15.5 Å². The number of nitrogens with one attached hydrogen (secondary N) is 2.